The second-order valence-corrected chi connectivity index (χ2v) is 9.00. The van der Waals surface area contributed by atoms with Crippen molar-refractivity contribution in [3.63, 3.8) is 0 Å². The quantitative estimate of drug-likeness (QED) is 0.577. The van der Waals surface area contributed by atoms with Crippen molar-refractivity contribution in [2.75, 3.05) is 42.7 Å². The molecule has 4 rings (SSSR count). The number of nitrogens with zero attached hydrogens (tertiary/aromatic N) is 3. The second-order valence-electron chi connectivity index (χ2n) is 7.72. The molecule has 182 valence electrons. The van der Waals surface area contributed by atoms with Crippen LogP contribution in [0.2, 0.25) is 15.1 Å². The van der Waals surface area contributed by atoms with Gasteiger partial charge in [-0.1, -0.05) is 46.9 Å². The zero-order valence-electron chi connectivity index (χ0n) is 17.7. The van der Waals surface area contributed by atoms with Crippen molar-refractivity contribution in [3.05, 3.63) is 69.5 Å². The van der Waals surface area contributed by atoms with Crippen LogP contribution in [0.1, 0.15) is 0 Å². The number of nitrogens with one attached hydrogen (secondary N) is 1. The van der Waals surface area contributed by atoms with E-state index in [1.807, 2.05) is 0 Å². The zero-order valence-corrected chi connectivity index (χ0v) is 19.9. The van der Waals surface area contributed by atoms with Crippen LogP contribution in [-0.2, 0) is 9.53 Å². The van der Waals surface area contributed by atoms with E-state index in [2.05, 4.69) is 10.3 Å². The lowest BCUT2D eigenvalue weighted by Gasteiger charge is -2.36. The smallest absolute Gasteiger partial charge is 0.409 e. The number of carbonyl (C=O) groups is 1. The summed E-state index contributed by atoms with van der Waals surface area (Å²) in [6.07, 6.45) is -3.66. The number of halogens is 6. The molecule has 1 saturated heterocycles. The molecule has 12 heteroatoms. The van der Waals surface area contributed by atoms with E-state index in [1.165, 1.54) is 0 Å². The highest BCUT2D eigenvalue weighted by molar-refractivity contribution is 6.35. The van der Waals surface area contributed by atoms with Gasteiger partial charge in [0, 0.05) is 48.0 Å². The molecule has 0 bridgehead atoms. The van der Waals surface area contributed by atoms with Gasteiger partial charge in [-0.15, -0.1) is 0 Å². The number of piperazine rings is 1. The number of rotatable bonds is 5. The van der Waals surface area contributed by atoms with Crippen LogP contribution in [0.15, 0.2) is 54.4 Å². The van der Waals surface area contributed by atoms with Gasteiger partial charge in [0.15, 0.2) is 6.61 Å². The molecule has 6 nitrogen and oxygen atoms in total. The number of hydrogen-bond acceptors (Lipinski definition) is 5. The molecule has 1 N–H and O–H groups in total. The van der Waals surface area contributed by atoms with Crippen LogP contribution in [0.25, 0.3) is 0 Å². The fourth-order valence-electron chi connectivity index (χ4n) is 3.72. The Kier molecular flexibility index (Phi) is 7.37. The summed E-state index contributed by atoms with van der Waals surface area (Å²) < 4.78 is 45.5. The molecule has 1 atom stereocenters. The van der Waals surface area contributed by atoms with Gasteiger partial charge >= 0.3 is 6.18 Å². The first-order valence-corrected chi connectivity index (χ1v) is 11.5. The third-order valence-corrected chi connectivity index (χ3v) is 6.19. The van der Waals surface area contributed by atoms with Crippen molar-refractivity contribution >= 4 is 52.1 Å². The zero-order chi connectivity index (χ0) is 24.5. The standard InChI is InChI=1S/C22H20Cl3F3N4O2/c23-14-9-15(24)11-16(10-14)30-5-7-31(8-6-30)20(33)13-34-21-12-19(22(26,27)28)29-32(21)18-4-2-1-3-17(18)25/h1-4,9-12,19,29H,5-8,13H2. The topological polar surface area (TPSA) is 48.1 Å². The number of hydrogen-bond donors (Lipinski definition) is 1. The van der Waals surface area contributed by atoms with E-state index in [0.29, 0.717) is 36.2 Å². The molecule has 0 aromatic heterocycles. The lowest BCUT2D eigenvalue weighted by Crippen LogP contribution is -2.50. The minimum absolute atomic E-state index is 0.143. The lowest BCUT2D eigenvalue weighted by molar-refractivity contribution is -0.142. The second kappa shape index (κ2) is 10.1. The van der Waals surface area contributed by atoms with Crippen molar-refractivity contribution in [1.29, 1.82) is 0 Å². The molecular weight excluding hydrogens is 516 g/mol. The van der Waals surface area contributed by atoms with Gasteiger partial charge in [-0.3, -0.25) is 4.79 Å². The van der Waals surface area contributed by atoms with Crippen LogP contribution in [0.3, 0.4) is 0 Å². The molecule has 0 spiro atoms. The average molecular weight is 536 g/mol. The van der Waals surface area contributed by atoms with Gasteiger partial charge in [0.1, 0.15) is 6.04 Å². The number of hydrazine groups is 1. The number of ether oxygens (including phenoxy) is 1. The van der Waals surface area contributed by atoms with E-state index >= 15 is 0 Å². The predicted molar refractivity (Wildman–Crippen MR) is 126 cm³/mol. The van der Waals surface area contributed by atoms with Crippen LogP contribution in [-0.4, -0.2) is 55.8 Å². The van der Waals surface area contributed by atoms with Gasteiger partial charge in [0.05, 0.1) is 10.7 Å². The SMILES string of the molecule is O=C(COC1=CC(C(F)(F)F)NN1c1ccccc1Cl)N1CCN(c2cc(Cl)cc(Cl)c2)CC1. The Morgan fingerprint density at radius 1 is 1.03 bits per heavy atom. The highest BCUT2D eigenvalue weighted by Crippen LogP contribution is 2.34. The minimum atomic E-state index is -4.55. The maximum Gasteiger partial charge on any atom is 0.409 e. The third-order valence-electron chi connectivity index (χ3n) is 5.43. The molecule has 2 aliphatic rings. The van der Waals surface area contributed by atoms with E-state index in [4.69, 9.17) is 39.5 Å². The van der Waals surface area contributed by atoms with Gasteiger partial charge < -0.3 is 14.5 Å². The molecule has 2 aromatic carbocycles. The van der Waals surface area contributed by atoms with Gasteiger partial charge in [-0.25, -0.2) is 10.4 Å². The average Bonchev–Trinajstić information content (AvgIpc) is 3.22. The summed E-state index contributed by atoms with van der Waals surface area (Å²) in [4.78, 5) is 16.4. The van der Waals surface area contributed by atoms with Crippen LogP contribution in [0.5, 0.6) is 0 Å². The molecule has 1 unspecified atom stereocenters. The van der Waals surface area contributed by atoms with Gasteiger partial charge in [0.2, 0.25) is 5.88 Å². The summed E-state index contributed by atoms with van der Waals surface area (Å²) in [6.45, 7) is 1.53. The minimum Gasteiger partial charge on any atom is -0.468 e. The number of benzene rings is 2. The number of carbonyl (C=O) groups excluding carboxylic acids is 1. The predicted octanol–water partition coefficient (Wildman–Crippen LogP) is 5.11. The molecule has 0 aliphatic carbocycles. The number of alkyl halides is 3. The normalized spacial score (nSPS) is 18.8. The fraction of sp³-hybridized carbons (Fsp3) is 0.318. The Morgan fingerprint density at radius 2 is 1.68 bits per heavy atom. The maximum absolute atomic E-state index is 13.3. The maximum atomic E-state index is 13.3. The van der Waals surface area contributed by atoms with Crippen LogP contribution in [0, 0.1) is 0 Å². The molecule has 34 heavy (non-hydrogen) atoms. The fourth-order valence-corrected chi connectivity index (χ4v) is 4.46. The van der Waals surface area contributed by atoms with Crippen molar-refractivity contribution in [1.82, 2.24) is 10.3 Å². The molecule has 2 aliphatic heterocycles. The first kappa shape index (κ1) is 24.8. The summed E-state index contributed by atoms with van der Waals surface area (Å²) in [6, 6.07) is 9.67. The summed E-state index contributed by atoms with van der Waals surface area (Å²) in [5, 5.41) is 2.38. The highest BCUT2D eigenvalue weighted by Gasteiger charge is 2.44. The first-order valence-electron chi connectivity index (χ1n) is 10.3. The molecular formula is C22H20Cl3F3N4O2. The van der Waals surface area contributed by atoms with Crippen molar-refractivity contribution < 1.29 is 22.7 Å². The Balaban J connectivity index is 1.38. The van der Waals surface area contributed by atoms with E-state index < -0.39 is 18.8 Å². The van der Waals surface area contributed by atoms with E-state index in [9.17, 15) is 18.0 Å². The molecule has 0 saturated carbocycles. The Morgan fingerprint density at radius 3 is 2.29 bits per heavy atom. The van der Waals surface area contributed by atoms with Crippen LogP contribution < -0.4 is 15.3 Å². The first-order chi connectivity index (χ1) is 16.1. The van der Waals surface area contributed by atoms with Gasteiger partial charge in [-0.05, 0) is 30.3 Å². The van der Waals surface area contributed by atoms with Crippen molar-refractivity contribution in [3.8, 4) is 0 Å². The molecule has 2 aromatic rings. The molecule has 1 fully saturated rings. The Labute approximate surface area is 209 Å². The lowest BCUT2D eigenvalue weighted by atomic mass is 10.2. The van der Waals surface area contributed by atoms with E-state index in [0.717, 1.165) is 16.8 Å². The summed E-state index contributed by atoms with van der Waals surface area (Å²) in [7, 11) is 0. The summed E-state index contributed by atoms with van der Waals surface area (Å²) in [5.74, 6) is -0.477. The number of anilines is 2. The van der Waals surface area contributed by atoms with E-state index in [-0.39, 0.29) is 22.5 Å². The molecule has 2 heterocycles. The van der Waals surface area contributed by atoms with Gasteiger partial charge in [-0.2, -0.15) is 13.2 Å². The van der Waals surface area contributed by atoms with Crippen LogP contribution >= 0.6 is 34.8 Å². The van der Waals surface area contributed by atoms with Crippen molar-refractivity contribution in [2.24, 2.45) is 0 Å². The number of amides is 1. The summed E-state index contributed by atoms with van der Waals surface area (Å²) >= 11 is 18.3. The van der Waals surface area contributed by atoms with Crippen LogP contribution in [0.4, 0.5) is 24.5 Å². The van der Waals surface area contributed by atoms with Gasteiger partial charge in [0.25, 0.3) is 5.91 Å². The molecule has 1 amide bonds. The third kappa shape index (κ3) is 5.66. The van der Waals surface area contributed by atoms with E-state index in [1.54, 1.807) is 47.4 Å². The Bertz CT molecular complexity index is 1070. The monoisotopic (exact) mass is 534 g/mol. The largest absolute Gasteiger partial charge is 0.468 e. The number of para-hydroxylation sites is 1. The highest BCUT2D eigenvalue weighted by atomic mass is 35.5. The summed E-state index contributed by atoms with van der Waals surface area (Å²) in [5.41, 5.74) is 3.47. The Hall–Kier alpha value is -2.33. The van der Waals surface area contributed by atoms with Crippen molar-refractivity contribution in [2.45, 2.75) is 12.2 Å². The molecule has 0 radical (unpaired) electrons.